The van der Waals surface area contributed by atoms with Gasteiger partial charge in [-0.25, -0.2) is 0 Å². The summed E-state index contributed by atoms with van der Waals surface area (Å²) in [5.41, 5.74) is 1.71. The molecule has 0 bridgehead atoms. The van der Waals surface area contributed by atoms with Crippen molar-refractivity contribution in [2.45, 2.75) is 5.16 Å². The zero-order valence-corrected chi connectivity index (χ0v) is 15.1. The molecule has 0 aliphatic heterocycles. The van der Waals surface area contributed by atoms with Crippen LogP contribution in [-0.4, -0.2) is 39.2 Å². The fourth-order valence-electron chi connectivity index (χ4n) is 2.12. The SMILES string of the molecule is COCCSc1nnc(-c2cccnc2)n1-c1ccc(Cl)c(Cl)c1. The van der Waals surface area contributed by atoms with E-state index in [1.54, 1.807) is 43.4 Å². The molecule has 0 saturated heterocycles. The van der Waals surface area contributed by atoms with Crippen molar-refractivity contribution in [2.24, 2.45) is 0 Å². The van der Waals surface area contributed by atoms with Crippen LogP contribution in [0.15, 0.2) is 47.9 Å². The minimum atomic E-state index is 0.479. The van der Waals surface area contributed by atoms with Gasteiger partial charge in [-0.05, 0) is 30.3 Å². The Balaban J connectivity index is 2.08. The molecule has 0 atom stereocenters. The quantitative estimate of drug-likeness (QED) is 0.469. The molecular formula is C16H14Cl2N4OS. The van der Waals surface area contributed by atoms with Crippen molar-refractivity contribution in [3.8, 4) is 17.1 Å². The summed E-state index contributed by atoms with van der Waals surface area (Å²) in [4.78, 5) is 4.16. The first-order valence-electron chi connectivity index (χ1n) is 7.13. The van der Waals surface area contributed by atoms with Crippen LogP contribution in [-0.2, 0) is 4.74 Å². The number of thioether (sulfide) groups is 1. The smallest absolute Gasteiger partial charge is 0.196 e. The number of halogens is 2. The van der Waals surface area contributed by atoms with Crippen LogP contribution in [0, 0.1) is 0 Å². The van der Waals surface area contributed by atoms with Crippen LogP contribution in [0.5, 0.6) is 0 Å². The number of rotatable bonds is 6. The van der Waals surface area contributed by atoms with E-state index in [1.807, 2.05) is 22.8 Å². The minimum Gasteiger partial charge on any atom is -0.384 e. The first-order chi connectivity index (χ1) is 11.7. The van der Waals surface area contributed by atoms with Gasteiger partial charge < -0.3 is 4.74 Å². The average Bonchev–Trinajstić information content (AvgIpc) is 3.02. The molecule has 0 aliphatic rings. The van der Waals surface area contributed by atoms with Crippen LogP contribution in [0.2, 0.25) is 10.0 Å². The second-order valence-corrected chi connectivity index (χ2v) is 6.70. The zero-order chi connectivity index (χ0) is 16.9. The monoisotopic (exact) mass is 380 g/mol. The van der Waals surface area contributed by atoms with E-state index in [4.69, 9.17) is 27.9 Å². The van der Waals surface area contributed by atoms with E-state index < -0.39 is 0 Å². The van der Waals surface area contributed by atoms with Crippen LogP contribution in [0.25, 0.3) is 17.1 Å². The lowest BCUT2D eigenvalue weighted by Crippen LogP contribution is -2.01. The molecule has 0 aliphatic carbocycles. The van der Waals surface area contributed by atoms with Gasteiger partial charge in [0.05, 0.1) is 22.3 Å². The molecular weight excluding hydrogens is 367 g/mol. The highest BCUT2D eigenvalue weighted by Gasteiger charge is 2.17. The van der Waals surface area contributed by atoms with Crippen molar-refractivity contribution in [3.05, 3.63) is 52.8 Å². The molecule has 0 saturated carbocycles. The molecule has 2 heterocycles. The number of aromatic nitrogens is 4. The summed E-state index contributed by atoms with van der Waals surface area (Å²) in [5.74, 6) is 1.46. The van der Waals surface area contributed by atoms with Crippen molar-refractivity contribution in [1.29, 1.82) is 0 Å². The summed E-state index contributed by atoms with van der Waals surface area (Å²) < 4.78 is 7.05. The fourth-order valence-corrected chi connectivity index (χ4v) is 3.26. The average molecular weight is 381 g/mol. The van der Waals surface area contributed by atoms with E-state index in [2.05, 4.69) is 15.2 Å². The van der Waals surface area contributed by atoms with Crippen molar-refractivity contribution < 1.29 is 4.74 Å². The van der Waals surface area contributed by atoms with Crippen molar-refractivity contribution in [3.63, 3.8) is 0 Å². The Morgan fingerprint density at radius 1 is 1.17 bits per heavy atom. The number of pyridine rings is 1. The summed E-state index contributed by atoms with van der Waals surface area (Å²) in [6.07, 6.45) is 3.47. The normalized spacial score (nSPS) is 11.0. The van der Waals surface area contributed by atoms with Crippen molar-refractivity contribution >= 4 is 35.0 Å². The van der Waals surface area contributed by atoms with Crippen molar-refractivity contribution in [1.82, 2.24) is 19.7 Å². The van der Waals surface area contributed by atoms with Gasteiger partial charge in [0.25, 0.3) is 0 Å². The Morgan fingerprint density at radius 3 is 2.75 bits per heavy atom. The van der Waals surface area contributed by atoms with Gasteiger partial charge in [0.15, 0.2) is 11.0 Å². The summed E-state index contributed by atoms with van der Waals surface area (Å²) >= 11 is 13.8. The second-order valence-electron chi connectivity index (χ2n) is 4.82. The maximum absolute atomic E-state index is 6.18. The van der Waals surface area contributed by atoms with Gasteiger partial charge in [-0.2, -0.15) is 0 Å². The molecule has 0 N–H and O–H groups in total. The highest BCUT2D eigenvalue weighted by Crippen LogP contribution is 2.31. The third kappa shape index (κ3) is 3.72. The molecule has 8 heteroatoms. The van der Waals surface area contributed by atoms with Gasteiger partial charge >= 0.3 is 0 Å². The number of ether oxygens (including phenoxy) is 1. The van der Waals surface area contributed by atoms with Gasteiger partial charge in [-0.3, -0.25) is 9.55 Å². The molecule has 0 spiro atoms. The molecule has 0 amide bonds. The van der Waals surface area contributed by atoms with E-state index in [0.29, 0.717) is 22.5 Å². The Hall–Kier alpha value is -1.60. The van der Waals surface area contributed by atoms with Crippen LogP contribution >= 0.6 is 35.0 Å². The number of methoxy groups -OCH3 is 1. The molecule has 5 nitrogen and oxygen atoms in total. The lowest BCUT2D eigenvalue weighted by molar-refractivity contribution is 0.218. The van der Waals surface area contributed by atoms with E-state index in [0.717, 1.165) is 22.2 Å². The summed E-state index contributed by atoms with van der Waals surface area (Å²) in [6, 6.07) is 9.25. The van der Waals surface area contributed by atoms with Gasteiger partial charge in [0.2, 0.25) is 0 Å². The summed E-state index contributed by atoms with van der Waals surface area (Å²) in [5, 5.41) is 10.4. The van der Waals surface area contributed by atoms with Gasteiger partial charge in [0, 0.05) is 30.8 Å². The highest BCUT2D eigenvalue weighted by molar-refractivity contribution is 7.99. The largest absolute Gasteiger partial charge is 0.384 e. The molecule has 0 fully saturated rings. The molecule has 24 heavy (non-hydrogen) atoms. The van der Waals surface area contributed by atoms with E-state index in [9.17, 15) is 0 Å². The van der Waals surface area contributed by atoms with E-state index in [1.165, 1.54) is 0 Å². The third-order valence-corrected chi connectivity index (χ3v) is 4.87. The molecule has 0 radical (unpaired) electrons. The Bertz CT molecular complexity index is 826. The van der Waals surface area contributed by atoms with Crippen LogP contribution in [0.1, 0.15) is 0 Å². The third-order valence-electron chi connectivity index (χ3n) is 3.23. The standard InChI is InChI=1S/C16H14Cl2N4OS/c1-23-7-8-24-16-21-20-15(11-3-2-6-19-10-11)22(16)12-4-5-13(17)14(18)9-12/h2-6,9-10H,7-8H2,1H3. The second kappa shape index (κ2) is 7.98. The van der Waals surface area contributed by atoms with Gasteiger partial charge in [-0.15, -0.1) is 10.2 Å². The number of hydrogen-bond acceptors (Lipinski definition) is 5. The maximum atomic E-state index is 6.18. The maximum Gasteiger partial charge on any atom is 0.196 e. The molecule has 0 unspecified atom stereocenters. The molecule has 1 aromatic carbocycles. The number of nitrogens with zero attached hydrogens (tertiary/aromatic N) is 4. The van der Waals surface area contributed by atoms with Gasteiger partial charge in [-0.1, -0.05) is 35.0 Å². The van der Waals surface area contributed by atoms with Crippen LogP contribution in [0.3, 0.4) is 0 Å². The van der Waals surface area contributed by atoms with Crippen LogP contribution < -0.4 is 0 Å². The predicted octanol–water partition coefficient (Wildman–Crippen LogP) is 4.37. The molecule has 124 valence electrons. The minimum absolute atomic E-state index is 0.479. The van der Waals surface area contributed by atoms with Gasteiger partial charge in [0.1, 0.15) is 0 Å². The molecule has 3 rings (SSSR count). The molecule has 2 aromatic heterocycles. The zero-order valence-electron chi connectivity index (χ0n) is 12.8. The lowest BCUT2D eigenvalue weighted by Gasteiger charge is -2.11. The summed E-state index contributed by atoms with van der Waals surface area (Å²) in [6.45, 7) is 0.626. The Morgan fingerprint density at radius 2 is 2.04 bits per heavy atom. The fraction of sp³-hybridized carbons (Fsp3) is 0.188. The summed E-state index contributed by atoms with van der Waals surface area (Å²) in [7, 11) is 1.67. The van der Waals surface area contributed by atoms with Crippen LogP contribution in [0.4, 0.5) is 0 Å². The predicted molar refractivity (Wildman–Crippen MR) is 97.2 cm³/mol. The highest BCUT2D eigenvalue weighted by atomic mass is 35.5. The van der Waals surface area contributed by atoms with E-state index in [-0.39, 0.29) is 0 Å². The number of benzene rings is 1. The lowest BCUT2D eigenvalue weighted by atomic mass is 10.2. The Kier molecular flexibility index (Phi) is 5.73. The van der Waals surface area contributed by atoms with Crippen molar-refractivity contribution in [2.75, 3.05) is 19.5 Å². The Labute approximate surface area is 154 Å². The molecule has 3 aromatic rings. The first kappa shape index (κ1) is 17.2. The topological polar surface area (TPSA) is 52.8 Å². The van der Waals surface area contributed by atoms with E-state index >= 15 is 0 Å². The first-order valence-corrected chi connectivity index (χ1v) is 8.88. The number of hydrogen-bond donors (Lipinski definition) is 0.